The molecule has 0 aliphatic carbocycles. The molecule has 1 atom stereocenters. The molecule has 3 aromatic rings. The van der Waals surface area contributed by atoms with E-state index in [2.05, 4.69) is 48.1 Å². The SMILES string of the molecule is CCn1nc(CC(NC)c2occc2C)c2ccccc21. The van der Waals surface area contributed by atoms with Crippen LogP contribution in [-0.4, -0.2) is 16.8 Å². The molecule has 0 amide bonds. The van der Waals surface area contributed by atoms with Gasteiger partial charge in [0.05, 0.1) is 23.5 Å². The molecule has 3 rings (SSSR count). The monoisotopic (exact) mass is 283 g/mol. The molecule has 4 nitrogen and oxygen atoms in total. The second-order valence-corrected chi connectivity index (χ2v) is 5.29. The topological polar surface area (TPSA) is 43.0 Å². The number of aryl methyl sites for hydroxylation is 2. The summed E-state index contributed by atoms with van der Waals surface area (Å²) in [4.78, 5) is 0. The Morgan fingerprint density at radius 3 is 2.76 bits per heavy atom. The number of hydrogen-bond donors (Lipinski definition) is 1. The summed E-state index contributed by atoms with van der Waals surface area (Å²) in [5.74, 6) is 0.993. The maximum atomic E-state index is 5.64. The summed E-state index contributed by atoms with van der Waals surface area (Å²) in [5, 5.41) is 9.34. The van der Waals surface area contributed by atoms with Gasteiger partial charge in [-0.1, -0.05) is 18.2 Å². The number of nitrogens with zero attached hydrogens (tertiary/aromatic N) is 2. The molecule has 0 bridgehead atoms. The van der Waals surface area contributed by atoms with Crippen LogP contribution >= 0.6 is 0 Å². The minimum Gasteiger partial charge on any atom is -0.467 e. The fraction of sp³-hybridized carbons (Fsp3) is 0.353. The van der Waals surface area contributed by atoms with E-state index >= 15 is 0 Å². The smallest absolute Gasteiger partial charge is 0.123 e. The van der Waals surface area contributed by atoms with E-state index < -0.39 is 0 Å². The third-order valence-electron chi connectivity index (χ3n) is 4.00. The highest BCUT2D eigenvalue weighted by atomic mass is 16.3. The van der Waals surface area contributed by atoms with Crippen molar-refractivity contribution in [1.82, 2.24) is 15.1 Å². The van der Waals surface area contributed by atoms with Crippen LogP contribution in [0.1, 0.15) is 30.0 Å². The summed E-state index contributed by atoms with van der Waals surface area (Å²) in [6.45, 7) is 5.08. The number of fused-ring (bicyclic) bond motifs is 1. The van der Waals surface area contributed by atoms with Crippen LogP contribution in [0.5, 0.6) is 0 Å². The number of para-hydroxylation sites is 1. The minimum atomic E-state index is 0.142. The Morgan fingerprint density at radius 1 is 1.29 bits per heavy atom. The zero-order valence-electron chi connectivity index (χ0n) is 12.8. The quantitative estimate of drug-likeness (QED) is 0.779. The molecule has 0 radical (unpaired) electrons. The summed E-state index contributed by atoms with van der Waals surface area (Å²) < 4.78 is 7.70. The predicted molar refractivity (Wildman–Crippen MR) is 84.4 cm³/mol. The van der Waals surface area contributed by atoms with Crippen molar-refractivity contribution in [2.45, 2.75) is 32.9 Å². The Kier molecular flexibility index (Phi) is 3.80. The number of benzene rings is 1. The van der Waals surface area contributed by atoms with Gasteiger partial charge in [-0.3, -0.25) is 4.68 Å². The maximum Gasteiger partial charge on any atom is 0.123 e. The molecule has 2 aromatic heterocycles. The maximum absolute atomic E-state index is 5.64. The van der Waals surface area contributed by atoms with Gasteiger partial charge < -0.3 is 9.73 Å². The third-order valence-corrected chi connectivity index (χ3v) is 4.00. The lowest BCUT2D eigenvalue weighted by molar-refractivity contribution is 0.424. The minimum absolute atomic E-state index is 0.142. The molecule has 1 unspecified atom stereocenters. The van der Waals surface area contributed by atoms with Gasteiger partial charge in [-0.2, -0.15) is 5.10 Å². The molecule has 0 aliphatic rings. The van der Waals surface area contributed by atoms with Crippen molar-refractivity contribution in [3.8, 4) is 0 Å². The van der Waals surface area contributed by atoms with Crippen molar-refractivity contribution in [2.24, 2.45) is 0 Å². The normalized spacial score (nSPS) is 12.9. The fourth-order valence-corrected chi connectivity index (χ4v) is 2.85. The Bertz CT molecular complexity index is 741. The van der Waals surface area contributed by atoms with Crippen LogP contribution in [0.15, 0.2) is 41.0 Å². The number of rotatable bonds is 5. The van der Waals surface area contributed by atoms with Gasteiger partial charge in [0.15, 0.2) is 0 Å². The molecule has 110 valence electrons. The first kappa shape index (κ1) is 13.9. The molecule has 4 heteroatoms. The average molecular weight is 283 g/mol. The van der Waals surface area contributed by atoms with Crippen molar-refractivity contribution in [3.05, 3.63) is 53.6 Å². The first-order valence-electron chi connectivity index (χ1n) is 7.40. The van der Waals surface area contributed by atoms with E-state index in [0.29, 0.717) is 0 Å². The highest BCUT2D eigenvalue weighted by molar-refractivity contribution is 5.82. The van der Waals surface area contributed by atoms with E-state index in [1.54, 1.807) is 6.26 Å². The Balaban J connectivity index is 1.99. The number of hydrogen-bond acceptors (Lipinski definition) is 3. The van der Waals surface area contributed by atoms with Gasteiger partial charge in [0.25, 0.3) is 0 Å². The molecule has 2 heterocycles. The Labute approximate surface area is 124 Å². The van der Waals surface area contributed by atoms with Crippen LogP contribution in [0.4, 0.5) is 0 Å². The zero-order valence-corrected chi connectivity index (χ0v) is 12.8. The molecule has 0 saturated carbocycles. The molecule has 0 spiro atoms. The lowest BCUT2D eigenvalue weighted by Gasteiger charge is -2.13. The molecule has 1 N–H and O–H groups in total. The zero-order chi connectivity index (χ0) is 14.8. The lowest BCUT2D eigenvalue weighted by atomic mass is 10.0. The van der Waals surface area contributed by atoms with Crippen LogP contribution in [0.25, 0.3) is 10.9 Å². The summed E-state index contributed by atoms with van der Waals surface area (Å²) in [7, 11) is 1.96. The molecule has 0 saturated heterocycles. The summed E-state index contributed by atoms with van der Waals surface area (Å²) in [6, 6.07) is 10.5. The second kappa shape index (κ2) is 5.74. The van der Waals surface area contributed by atoms with Crippen molar-refractivity contribution in [1.29, 1.82) is 0 Å². The van der Waals surface area contributed by atoms with Gasteiger partial charge in [0, 0.05) is 18.4 Å². The van der Waals surface area contributed by atoms with Crippen LogP contribution in [0, 0.1) is 6.92 Å². The Morgan fingerprint density at radius 2 is 2.10 bits per heavy atom. The van der Waals surface area contributed by atoms with Gasteiger partial charge >= 0.3 is 0 Å². The van der Waals surface area contributed by atoms with Crippen molar-refractivity contribution in [2.75, 3.05) is 7.05 Å². The van der Waals surface area contributed by atoms with Gasteiger partial charge in [-0.15, -0.1) is 0 Å². The van der Waals surface area contributed by atoms with Crippen molar-refractivity contribution < 1.29 is 4.42 Å². The number of likely N-dealkylation sites (N-methyl/N-ethyl adjacent to an activating group) is 1. The van der Waals surface area contributed by atoms with E-state index in [0.717, 1.165) is 24.4 Å². The average Bonchev–Trinajstić information content (AvgIpc) is 3.09. The highest BCUT2D eigenvalue weighted by Gasteiger charge is 2.19. The fourth-order valence-electron chi connectivity index (χ4n) is 2.85. The van der Waals surface area contributed by atoms with Crippen molar-refractivity contribution >= 4 is 10.9 Å². The largest absolute Gasteiger partial charge is 0.467 e. The first-order chi connectivity index (χ1) is 10.2. The van der Waals surface area contributed by atoms with Crippen LogP contribution in [0.3, 0.4) is 0 Å². The van der Waals surface area contributed by atoms with E-state index in [1.807, 2.05) is 13.1 Å². The molecular weight excluding hydrogens is 262 g/mol. The molecule has 21 heavy (non-hydrogen) atoms. The molecule has 0 fully saturated rings. The van der Waals surface area contributed by atoms with Gasteiger partial charge in [-0.25, -0.2) is 0 Å². The first-order valence-corrected chi connectivity index (χ1v) is 7.40. The Hall–Kier alpha value is -2.07. The highest BCUT2D eigenvalue weighted by Crippen LogP contribution is 2.26. The molecule has 0 aliphatic heterocycles. The van der Waals surface area contributed by atoms with E-state index in [1.165, 1.54) is 16.5 Å². The number of nitrogens with one attached hydrogen (secondary N) is 1. The van der Waals surface area contributed by atoms with Crippen LogP contribution in [-0.2, 0) is 13.0 Å². The van der Waals surface area contributed by atoms with E-state index in [4.69, 9.17) is 9.52 Å². The van der Waals surface area contributed by atoms with Gasteiger partial charge in [-0.05, 0) is 38.6 Å². The van der Waals surface area contributed by atoms with Crippen molar-refractivity contribution in [3.63, 3.8) is 0 Å². The standard InChI is InChI=1S/C17H21N3O/c1-4-20-16-8-6-5-7-13(16)14(19-20)11-15(18-3)17-12(2)9-10-21-17/h5-10,15,18H,4,11H2,1-3H3. The third kappa shape index (κ3) is 2.47. The summed E-state index contributed by atoms with van der Waals surface area (Å²) >= 11 is 0. The molecule has 1 aromatic carbocycles. The lowest BCUT2D eigenvalue weighted by Crippen LogP contribution is -2.19. The number of aromatic nitrogens is 2. The molecular formula is C17H21N3O. The van der Waals surface area contributed by atoms with Crippen LogP contribution < -0.4 is 5.32 Å². The van der Waals surface area contributed by atoms with Crippen LogP contribution in [0.2, 0.25) is 0 Å². The van der Waals surface area contributed by atoms with E-state index in [9.17, 15) is 0 Å². The van der Waals surface area contributed by atoms with Gasteiger partial charge in [0.1, 0.15) is 5.76 Å². The van der Waals surface area contributed by atoms with E-state index in [-0.39, 0.29) is 6.04 Å². The predicted octanol–water partition coefficient (Wildman–Crippen LogP) is 3.46. The summed E-state index contributed by atoms with van der Waals surface area (Å²) in [5.41, 5.74) is 3.48. The second-order valence-electron chi connectivity index (χ2n) is 5.29. The number of furan rings is 1. The van der Waals surface area contributed by atoms with Gasteiger partial charge in [0.2, 0.25) is 0 Å². The summed E-state index contributed by atoms with van der Waals surface area (Å²) in [6.07, 6.45) is 2.57.